The van der Waals surface area contributed by atoms with Crippen LogP contribution in [0.3, 0.4) is 0 Å². The number of benzene rings is 1. The van der Waals surface area contributed by atoms with Crippen molar-refractivity contribution in [2.45, 2.75) is 38.1 Å². The van der Waals surface area contributed by atoms with Crippen LogP contribution in [0.2, 0.25) is 0 Å². The van der Waals surface area contributed by atoms with Crippen molar-refractivity contribution >= 4 is 11.6 Å². The van der Waals surface area contributed by atoms with E-state index in [1.807, 2.05) is 37.3 Å². The van der Waals surface area contributed by atoms with Gasteiger partial charge in [-0.05, 0) is 37.8 Å². The number of carbonyl (C=O) groups excluding carboxylic acids is 1. The Labute approximate surface area is 174 Å². The fraction of sp³-hybridized carbons (Fsp3) is 0.318. The maximum atomic E-state index is 13.1. The summed E-state index contributed by atoms with van der Waals surface area (Å²) >= 11 is 0. The number of aliphatic hydroxyl groups is 2. The molecule has 3 aromatic rings. The number of rotatable bonds is 6. The second-order valence-corrected chi connectivity index (χ2v) is 7.66. The van der Waals surface area contributed by atoms with E-state index in [2.05, 4.69) is 27.3 Å². The molecule has 30 heavy (non-hydrogen) atoms. The first kappa shape index (κ1) is 20.2. The zero-order chi connectivity index (χ0) is 21.3. The van der Waals surface area contributed by atoms with E-state index in [0.717, 1.165) is 11.3 Å². The second kappa shape index (κ2) is 8.33. The van der Waals surface area contributed by atoms with Crippen LogP contribution in [0, 0.1) is 19.8 Å². The first-order valence-electron chi connectivity index (χ1n) is 9.83. The van der Waals surface area contributed by atoms with Gasteiger partial charge in [0.1, 0.15) is 23.9 Å². The minimum Gasteiger partial charge on any atom is -0.390 e. The van der Waals surface area contributed by atoms with E-state index in [-0.39, 0.29) is 17.3 Å². The van der Waals surface area contributed by atoms with Crippen molar-refractivity contribution in [1.82, 2.24) is 19.7 Å². The Morgan fingerprint density at radius 1 is 1.27 bits per heavy atom. The first-order valence-corrected chi connectivity index (χ1v) is 9.83. The topological polar surface area (TPSA) is 113 Å². The largest absolute Gasteiger partial charge is 0.390 e. The van der Waals surface area contributed by atoms with Gasteiger partial charge in [-0.15, -0.1) is 0 Å². The van der Waals surface area contributed by atoms with E-state index in [0.29, 0.717) is 24.5 Å². The third-order valence-electron chi connectivity index (χ3n) is 5.47. The standard InChI is InChI=1S/C22H24N5O3/c1-13-8-17(21(30)19(13)28)25-22-16(10-23-12-24-22)20(29)18-9-14(2)27(26-18)11-15-6-4-3-5-7-15/h3-7,9-10,12-13,17,19,21,28,30H,1,8,11H2,2H3,(H,23,24,25)/t13-,17-,19-,21+/m1/s1. The number of hydrogen-bond acceptors (Lipinski definition) is 7. The fourth-order valence-corrected chi connectivity index (χ4v) is 3.73. The highest BCUT2D eigenvalue weighted by atomic mass is 16.3. The molecule has 1 fully saturated rings. The zero-order valence-electron chi connectivity index (χ0n) is 16.6. The highest BCUT2D eigenvalue weighted by Gasteiger charge is 2.39. The SMILES string of the molecule is [CH2][C@@H]1C[C@@H](Nc2ncncc2C(=O)c2cc(C)n(Cc3ccccc3)n2)[C@H](O)[C@@H]1O. The molecule has 2 aromatic heterocycles. The average molecular weight is 406 g/mol. The van der Waals surface area contributed by atoms with Crippen LogP contribution in [0.5, 0.6) is 0 Å². The van der Waals surface area contributed by atoms with E-state index in [1.54, 1.807) is 10.7 Å². The molecule has 0 spiro atoms. The molecule has 2 heterocycles. The Bertz CT molecular complexity index is 1040. The van der Waals surface area contributed by atoms with Gasteiger partial charge in [-0.2, -0.15) is 5.10 Å². The molecule has 4 rings (SSSR count). The molecule has 0 unspecified atom stereocenters. The first-order chi connectivity index (χ1) is 14.4. The van der Waals surface area contributed by atoms with Gasteiger partial charge < -0.3 is 15.5 Å². The van der Waals surface area contributed by atoms with Gasteiger partial charge in [-0.3, -0.25) is 9.48 Å². The Morgan fingerprint density at radius 3 is 2.73 bits per heavy atom. The third kappa shape index (κ3) is 3.96. The van der Waals surface area contributed by atoms with Crippen molar-refractivity contribution in [2.24, 2.45) is 5.92 Å². The summed E-state index contributed by atoms with van der Waals surface area (Å²) < 4.78 is 1.78. The van der Waals surface area contributed by atoms with Gasteiger partial charge in [0.05, 0.1) is 24.3 Å². The van der Waals surface area contributed by atoms with E-state index in [9.17, 15) is 15.0 Å². The number of aromatic nitrogens is 4. The summed E-state index contributed by atoms with van der Waals surface area (Å²) in [5.41, 5.74) is 2.51. The van der Waals surface area contributed by atoms with Gasteiger partial charge in [0, 0.05) is 11.9 Å². The van der Waals surface area contributed by atoms with Crippen molar-refractivity contribution in [3.05, 3.63) is 78.4 Å². The summed E-state index contributed by atoms with van der Waals surface area (Å²) in [7, 11) is 0. The van der Waals surface area contributed by atoms with Crippen LogP contribution < -0.4 is 5.32 Å². The van der Waals surface area contributed by atoms with Crippen LogP contribution >= 0.6 is 0 Å². The predicted molar refractivity (Wildman–Crippen MR) is 111 cm³/mol. The van der Waals surface area contributed by atoms with Gasteiger partial charge in [-0.1, -0.05) is 30.3 Å². The van der Waals surface area contributed by atoms with Crippen LogP contribution in [0.15, 0.2) is 48.9 Å². The summed E-state index contributed by atoms with van der Waals surface area (Å²) in [5.74, 6) is -0.308. The molecule has 155 valence electrons. The summed E-state index contributed by atoms with van der Waals surface area (Å²) in [6, 6.07) is 11.2. The molecule has 0 bridgehead atoms. The Kier molecular flexibility index (Phi) is 5.61. The molecule has 1 saturated carbocycles. The molecular weight excluding hydrogens is 382 g/mol. The van der Waals surface area contributed by atoms with Crippen molar-refractivity contribution in [3.8, 4) is 0 Å². The van der Waals surface area contributed by atoms with E-state index in [1.165, 1.54) is 12.5 Å². The van der Waals surface area contributed by atoms with Gasteiger partial charge in [0.25, 0.3) is 0 Å². The lowest BCUT2D eigenvalue weighted by Crippen LogP contribution is -2.35. The van der Waals surface area contributed by atoms with Gasteiger partial charge >= 0.3 is 0 Å². The molecule has 1 radical (unpaired) electrons. The van der Waals surface area contributed by atoms with E-state index < -0.39 is 18.2 Å². The van der Waals surface area contributed by atoms with Crippen molar-refractivity contribution < 1.29 is 15.0 Å². The van der Waals surface area contributed by atoms with E-state index >= 15 is 0 Å². The lowest BCUT2D eigenvalue weighted by atomic mass is 10.1. The summed E-state index contributed by atoms with van der Waals surface area (Å²) in [6.07, 6.45) is 1.32. The second-order valence-electron chi connectivity index (χ2n) is 7.66. The minimum absolute atomic E-state index is 0.260. The monoisotopic (exact) mass is 406 g/mol. The molecule has 1 aromatic carbocycles. The Morgan fingerprint density at radius 2 is 2.03 bits per heavy atom. The lowest BCUT2D eigenvalue weighted by Gasteiger charge is -2.19. The molecular formula is C22H24N5O3. The number of nitrogens with one attached hydrogen (secondary N) is 1. The smallest absolute Gasteiger partial charge is 0.218 e. The van der Waals surface area contributed by atoms with Crippen molar-refractivity contribution in [3.63, 3.8) is 0 Å². The average Bonchev–Trinajstić information content (AvgIpc) is 3.23. The molecule has 1 aliphatic rings. The minimum atomic E-state index is -0.988. The molecule has 3 N–H and O–H groups in total. The van der Waals surface area contributed by atoms with Gasteiger partial charge in [0.2, 0.25) is 5.78 Å². The summed E-state index contributed by atoms with van der Waals surface area (Å²) in [4.78, 5) is 21.3. The van der Waals surface area contributed by atoms with Crippen LogP contribution in [-0.2, 0) is 6.54 Å². The number of aliphatic hydroxyl groups excluding tert-OH is 2. The van der Waals surface area contributed by atoms with Crippen LogP contribution in [0.25, 0.3) is 0 Å². The highest BCUT2D eigenvalue weighted by molar-refractivity contribution is 6.10. The molecule has 8 nitrogen and oxygen atoms in total. The predicted octanol–water partition coefficient (Wildman–Crippen LogP) is 1.62. The fourth-order valence-electron chi connectivity index (χ4n) is 3.73. The van der Waals surface area contributed by atoms with Gasteiger partial charge in [0.15, 0.2) is 0 Å². The molecule has 0 aliphatic heterocycles. The number of carbonyl (C=O) groups is 1. The van der Waals surface area contributed by atoms with Gasteiger partial charge in [-0.25, -0.2) is 9.97 Å². The van der Waals surface area contributed by atoms with Crippen LogP contribution in [-0.4, -0.2) is 54.0 Å². The Hall–Kier alpha value is -3.10. The molecule has 4 atom stereocenters. The highest BCUT2D eigenvalue weighted by Crippen LogP contribution is 2.29. The van der Waals surface area contributed by atoms with Crippen LogP contribution in [0.4, 0.5) is 5.82 Å². The third-order valence-corrected chi connectivity index (χ3v) is 5.47. The number of hydrogen-bond donors (Lipinski definition) is 3. The normalized spacial score (nSPS) is 23.5. The Balaban J connectivity index is 1.57. The summed E-state index contributed by atoms with van der Waals surface area (Å²) in [5, 5.41) is 27.7. The van der Waals surface area contributed by atoms with Crippen molar-refractivity contribution in [2.75, 3.05) is 5.32 Å². The zero-order valence-corrected chi connectivity index (χ0v) is 16.6. The molecule has 0 saturated heterocycles. The molecule has 8 heteroatoms. The number of anilines is 1. The van der Waals surface area contributed by atoms with Crippen molar-refractivity contribution in [1.29, 1.82) is 0 Å². The van der Waals surface area contributed by atoms with Crippen LogP contribution in [0.1, 0.15) is 33.7 Å². The number of nitrogens with zero attached hydrogens (tertiary/aromatic N) is 4. The maximum absolute atomic E-state index is 13.1. The summed E-state index contributed by atoms with van der Waals surface area (Å²) in [6.45, 7) is 6.31. The molecule has 1 aliphatic carbocycles. The lowest BCUT2D eigenvalue weighted by molar-refractivity contribution is 0.0256. The van der Waals surface area contributed by atoms with E-state index in [4.69, 9.17) is 0 Å². The number of ketones is 1. The number of aryl methyl sites for hydroxylation is 1. The molecule has 0 amide bonds. The maximum Gasteiger partial charge on any atom is 0.218 e. The quantitative estimate of drug-likeness (QED) is 0.533.